The lowest BCUT2D eigenvalue weighted by molar-refractivity contribution is -0.0163. The van der Waals surface area contributed by atoms with Gasteiger partial charge in [0.05, 0.1) is 5.56 Å². The second-order valence-electron chi connectivity index (χ2n) is 6.66. The fraction of sp³-hybridized carbons (Fsp3) is 0.400. The molecule has 1 unspecified atom stereocenters. The molecule has 1 N–H and O–H groups in total. The summed E-state index contributed by atoms with van der Waals surface area (Å²) < 4.78 is 5.73. The number of pyridine rings is 1. The first-order chi connectivity index (χ1) is 12.1. The topological polar surface area (TPSA) is 62.7 Å². The fourth-order valence-electron chi connectivity index (χ4n) is 3.04. The number of benzene rings is 1. The number of hydrogen-bond acceptors (Lipinski definition) is 4. The summed E-state index contributed by atoms with van der Waals surface area (Å²) in [5.41, 5.74) is 0.576. The summed E-state index contributed by atoms with van der Waals surface area (Å²) in [7, 11) is 0. The van der Waals surface area contributed by atoms with E-state index in [1.165, 1.54) is 0 Å². The molecular weight excluding hydrogens is 316 g/mol. The highest BCUT2D eigenvalue weighted by Gasteiger charge is 2.32. The lowest BCUT2D eigenvalue weighted by Crippen LogP contribution is -2.38. The van der Waals surface area contributed by atoms with Crippen LogP contribution in [0.15, 0.2) is 48.7 Å². The molecule has 3 rings (SSSR count). The summed E-state index contributed by atoms with van der Waals surface area (Å²) in [6.07, 6.45) is 3.49. The van der Waals surface area contributed by atoms with Crippen LogP contribution in [-0.4, -0.2) is 46.2 Å². The number of ether oxygens (including phenoxy) is 1. The first-order valence-corrected chi connectivity index (χ1v) is 8.68. The quantitative estimate of drug-likeness (QED) is 0.930. The fourth-order valence-corrected chi connectivity index (χ4v) is 3.04. The predicted molar refractivity (Wildman–Crippen MR) is 95.6 cm³/mol. The number of hydrogen-bond donors (Lipinski definition) is 1. The Kier molecular flexibility index (Phi) is 5.34. The van der Waals surface area contributed by atoms with E-state index in [4.69, 9.17) is 4.74 Å². The van der Waals surface area contributed by atoms with E-state index in [0.717, 1.165) is 17.9 Å². The first kappa shape index (κ1) is 17.4. The molecule has 25 heavy (non-hydrogen) atoms. The third-order valence-electron chi connectivity index (χ3n) is 4.61. The van der Waals surface area contributed by atoms with Gasteiger partial charge in [-0.1, -0.05) is 18.2 Å². The zero-order valence-electron chi connectivity index (χ0n) is 14.5. The molecule has 132 valence electrons. The standard InChI is InChI=1S/C20H24N2O3/c1-16-8-9-17(14-21-16)19(23)22-12-5-10-20(24,11-13-22)15-25-18-6-3-2-4-7-18/h2-4,6-9,14,24H,5,10-13,15H2,1H3. The summed E-state index contributed by atoms with van der Waals surface area (Å²) in [4.78, 5) is 18.6. The largest absolute Gasteiger partial charge is 0.491 e. The van der Waals surface area contributed by atoms with E-state index >= 15 is 0 Å². The number of aliphatic hydroxyl groups is 1. The maximum absolute atomic E-state index is 12.6. The Hall–Kier alpha value is -2.40. The van der Waals surface area contributed by atoms with Gasteiger partial charge in [-0.05, 0) is 50.5 Å². The van der Waals surface area contributed by atoms with E-state index in [-0.39, 0.29) is 12.5 Å². The molecule has 5 heteroatoms. The Balaban J connectivity index is 1.59. The molecular formula is C20H24N2O3. The van der Waals surface area contributed by atoms with Gasteiger partial charge in [0, 0.05) is 25.0 Å². The summed E-state index contributed by atoms with van der Waals surface area (Å²) in [6.45, 7) is 3.29. The average Bonchev–Trinajstić information content (AvgIpc) is 2.83. The molecule has 1 aliphatic rings. The number of rotatable bonds is 4. The van der Waals surface area contributed by atoms with E-state index in [1.807, 2.05) is 43.3 Å². The minimum atomic E-state index is -0.906. The maximum atomic E-state index is 12.6. The molecule has 1 aromatic heterocycles. The van der Waals surface area contributed by atoms with Crippen LogP contribution in [0.3, 0.4) is 0 Å². The van der Waals surface area contributed by atoms with Crippen molar-refractivity contribution in [3.63, 3.8) is 0 Å². The van der Waals surface area contributed by atoms with Crippen molar-refractivity contribution < 1.29 is 14.6 Å². The molecule has 0 aliphatic carbocycles. The van der Waals surface area contributed by atoms with Gasteiger partial charge in [0.25, 0.3) is 5.91 Å². The normalized spacial score (nSPS) is 20.8. The number of aryl methyl sites for hydroxylation is 1. The molecule has 0 bridgehead atoms. The summed E-state index contributed by atoms with van der Waals surface area (Å²) in [5, 5.41) is 10.8. The molecule has 2 heterocycles. The van der Waals surface area contributed by atoms with Crippen molar-refractivity contribution in [1.29, 1.82) is 0 Å². The van der Waals surface area contributed by atoms with Crippen LogP contribution in [0.25, 0.3) is 0 Å². The number of para-hydroxylation sites is 1. The highest BCUT2D eigenvalue weighted by Crippen LogP contribution is 2.24. The molecule has 2 aromatic rings. The smallest absolute Gasteiger partial charge is 0.255 e. The van der Waals surface area contributed by atoms with Crippen molar-refractivity contribution in [3.05, 3.63) is 59.9 Å². The van der Waals surface area contributed by atoms with E-state index in [9.17, 15) is 9.90 Å². The Morgan fingerprint density at radius 1 is 1.20 bits per heavy atom. The Bertz CT molecular complexity index is 703. The van der Waals surface area contributed by atoms with Gasteiger partial charge in [-0.15, -0.1) is 0 Å². The van der Waals surface area contributed by atoms with Crippen LogP contribution in [0, 0.1) is 6.92 Å². The van der Waals surface area contributed by atoms with Crippen molar-refractivity contribution in [3.8, 4) is 5.75 Å². The Morgan fingerprint density at radius 2 is 2.00 bits per heavy atom. The van der Waals surface area contributed by atoms with E-state index in [2.05, 4.69) is 4.98 Å². The monoisotopic (exact) mass is 340 g/mol. The average molecular weight is 340 g/mol. The predicted octanol–water partition coefficient (Wildman–Crippen LogP) is 2.83. The molecule has 1 amide bonds. The zero-order valence-corrected chi connectivity index (χ0v) is 14.5. The van der Waals surface area contributed by atoms with Crippen LogP contribution in [0.1, 0.15) is 35.3 Å². The highest BCUT2D eigenvalue weighted by atomic mass is 16.5. The second kappa shape index (κ2) is 7.66. The number of likely N-dealkylation sites (tertiary alicyclic amines) is 1. The number of aromatic nitrogens is 1. The highest BCUT2D eigenvalue weighted by molar-refractivity contribution is 5.93. The van der Waals surface area contributed by atoms with Crippen LogP contribution in [0.5, 0.6) is 5.75 Å². The third-order valence-corrected chi connectivity index (χ3v) is 4.61. The van der Waals surface area contributed by atoms with E-state index < -0.39 is 5.60 Å². The van der Waals surface area contributed by atoms with Gasteiger partial charge in [-0.25, -0.2) is 0 Å². The first-order valence-electron chi connectivity index (χ1n) is 8.68. The third kappa shape index (κ3) is 4.57. The number of nitrogens with zero attached hydrogens (tertiary/aromatic N) is 2. The molecule has 1 saturated heterocycles. The van der Waals surface area contributed by atoms with Crippen LogP contribution in [0.2, 0.25) is 0 Å². The molecule has 1 aliphatic heterocycles. The van der Waals surface area contributed by atoms with Crippen molar-refractivity contribution in [1.82, 2.24) is 9.88 Å². The van der Waals surface area contributed by atoms with E-state index in [0.29, 0.717) is 31.5 Å². The summed E-state index contributed by atoms with van der Waals surface area (Å²) >= 11 is 0. The van der Waals surface area contributed by atoms with Crippen LogP contribution in [-0.2, 0) is 0 Å². The summed E-state index contributed by atoms with van der Waals surface area (Å²) in [5.74, 6) is 0.722. The van der Waals surface area contributed by atoms with Gasteiger partial charge in [0.1, 0.15) is 18.0 Å². The van der Waals surface area contributed by atoms with Crippen molar-refractivity contribution in [2.24, 2.45) is 0 Å². The van der Waals surface area contributed by atoms with Crippen LogP contribution in [0.4, 0.5) is 0 Å². The van der Waals surface area contributed by atoms with Gasteiger partial charge in [0.2, 0.25) is 0 Å². The molecule has 0 radical (unpaired) electrons. The van der Waals surface area contributed by atoms with Crippen LogP contribution < -0.4 is 4.74 Å². The minimum Gasteiger partial charge on any atom is -0.491 e. The van der Waals surface area contributed by atoms with E-state index in [1.54, 1.807) is 17.2 Å². The molecule has 0 spiro atoms. The summed E-state index contributed by atoms with van der Waals surface area (Å²) in [6, 6.07) is 13.1. The Labute approximate surface area is 148 Å². The zero-order chi connectivity index (χ0) is 17.7. The Morgan fingerprint density at radius 3 is 2.72 bits per heavy atom. The minimum absolute atomic E-state index is 0.0271. The van der Waals surface area contributed by atoms with Gasteiger partial charge in [0.15, 0.2) is 0 Å². The number of amides is 1. The maximum Gasteiger partial charge on any atom is 0.255 e. The lowest BCUT2D eigenvalue weighted by atomic mass is 9.96. The SMILES string of the molecule is Cc1ccc(C(=O)N2CCCC(O)(COc3ccccc3)CC2)cn1. The van der Waals surface area contributed by atoms with Gasteiger partial charge in [-0.2, -0.15) is 0 Å². The van der Waals surface area contributed by atoms with Crippen LogP contribution >= 0.6 is 0 Å². The second-order valence-corrected chi connectivity index (χ2v) is 6.66. The number of carbonyl (C=O) groups is 1. The van der Waals surface area contributed by atoms with Gasteiger partial charge >= 0.3 is 0 Å². The molecule has 1 aromatic carbocycles. The number of carbonyl (C=O) groups excluding carboxylic acids is 1. The van der Waals surface area contributed by atoms with Crippen molar-refractivity contribution in [2.75, 3.05) is 19.7 Å². The van der Waals surface area contributed by atoms with Crippen molar-refractivity contribution >= 4 is 5.91 Å². The van der Waals surface area contributed by atoms with Gasteiger partial charge in [-0.3, -0.25) is 9.78 Å². The van der Waals surface area contributed by atoms with Crippen molar-refractivity contribution in [2.45, 2.75) is 31.8 Å². The molecule has 1 atom stereocenters. The molecule has 1 fully saturated rings. The molecule has 5 nitrogen and oxygen atoms in total. The lowest BCUT2D eigenvalue weighted by Gasteiger charge is -2.27. The molecule has 0 saturated carbocycles. The van der Waals surface area contributed by atoms with Gasteiger partial charge < -0.3 is 14.7 Å².